The minimum absolute atomic E-state index is 1.14. The summed E-state index contributed by atoms with van der Waals surface area (Å²) in [5.41, 5.74) is 0. The van der Waals surface area contributed by atoms with E-state index in [1.54, 1.807) is 0 Å². The summed E-state index contributed by atoms with van der Waals surface area (Å²) in [6, 6.07) is 0. The molecule has 0 aromatic heterocycles. The van der Waals surface area contributed by atoms with Crippen molar-refractivity contribution in [1.29, 1.82) is 0 Å². The Balaban J connectivity index is -0.0000000263. The molecule has 0 radical (unpaired) electrons. The van der Waals surface area contributed by atoms with Crippen LogP contribution in [0.5, 0.6) is 0 Å². The molecule has 0 aliphatic heterocycles. The molecule has 1 nitrogen and oxygen atoms in total. The fourth-order valence-electron chi connectivity index (χ4n) is 0. The molecule has 1 heteroatoms. The molecule has 0 aliphatic rings. The average Bonchev–Trinajstić information content (AvgIpc) is 2.27. The van der Waals surface area contributed by atoms with Gasteiger partial charge >= 0.3 is 0 Å². The molecule has 0 bridgehead atoms. The van der Waals surface area contributed by atoms with E-state index in [1.165, 1.54) is 6.42 Å². The second-order valence-corrected chi connectivity index (χ2v) is 2.10. The van der Waals surface area contributed by atoms with Gasteiger partial charge in [0.2, 0.25) is 0 Å². The van der Waals surface area contributed by atoms with Gasteiger partial charge in [-0.3, -0.25) is 0 Å². The predicted molar refractivity (Wildman–Crippen MR) is 74.1 cm³/mol. The van der Waals surface area contributed by atoms with Gasteiger partial charge in [-0.25, -0.2) is 0 Å². The molecule has 0 heterocycles. The van der Waals surface area contributed by atoms with Gasteiger partial charge in [0.1, 0.15) is 0 Å². The molecule has 0 rings (SSSR count). The van der Waals surface area contributed by atoms with Crippen molar-refractivity contribution < 1.29 is 0 Å². The second kappa shape index (κ2) is 78.7. The predicted octanol–water partition coefficient (Wildman–Crippen LogP) is 4.84. The van der Waals surface area contributed by atoms with Crippen molar-refractivity contribution in [3.8, 4) is 0 Å². The zero-order valence-corrected chi connectivity index (χ0v) is 12.3. The van der Waals surface area contributed by atoms with E-state index >= 15 is 0 Å². The lowest BCUT2D eigenvalue weighted by molar-refractivity contribution is 0.434. The summed E-state index contributed by atoms with van der Waals surface area (Å²) in [5.74, 6) is 0. The Hall–Kier alpha value is -0.300. The molecule has 0 unspecified atom stereocenters. The Bertz CT molecular complexity index is 34.2. The lowest BCUT2D eigenvalue weighted by Crippen LogP contribution is -2.08. The highest BCUT2D eigenvalue weighted by molar-refractivity contribution is 4.25. The van der Waals surface area contributed by atoms with Crippen molar-refractivity contribution in [2.45, 2.75) is 54.9 Å². The van der Waals surface area contributed by atoms with Crippen LogP contribution in [0.4, 0.5) is 0 Å². The molecule has 0 saturated heterocycles. The van der Waals surface area contributed by atoms with Crippen LogP contribution in [-0.2, 0) is 0 Å². The normalized spacial score (nSPS) is 5.86. The fourth-order valence-corrected chi connectivity index (χ4v) is 0. The summed E-state index contributed by atoms with van der Waals surface area (Å²) < 4.78 is 0. The highest BCUT2D eigenvalue weighted by Gasteiger charge is 1.72. The first-order valence-corrected chi connectivity index (χ1v) is 5.83. The van der Waals surface area contributed by atoms with Gasteiger partial charge in [0.15, 0.2) is 0 Å². The largest absolute Gasteiger partial charge is 0.310 e. The van der Waals surface area contributed by atoms with Crippen LogP contribution in [0, 0.1) is 0 Å². The summed E-state index contributed by atoms with van der Waals surface area (Å²) in [4.78, 5) is 2.12. The van der Waals surface area contributed by atoms with Crippen molar-refractivity contribution >= 4 is 0 Å². The van der Waals surface area contributed by atoms with Crippen molar-refractivity contribution in [2.24, 2.45) is 0 Å². The summed E-state index contributed by atoms with van der Waals surface area (Å²) in [6.45, 7) is 21.5. The Morgan fingerprint density at radius 2 is 0.857 bits per heavy atom. The van der Waals surface area contributed by atoms with Crippen molar-refractivity contribution in [3.63, 3.8) is 0 Å². The van der Waals surface area contributed by atoms with Gasteiger partial charge in [-0.2, -0.15) is 0 Å². The average molecular weight is 205 g/mol. The molecule has 0 saturated carbocycles. The van der Waals surface area contributed by atoms with E-state index in [0.29, 0.717) is 0 Å². The molecule has 92 valence electrons. The molecule has 0 aromatic carbocycles. The maximum atomic E-state index is 3.00. The molecular weight excluding hydrogens is 170 g/mol. The van der Waals surface area contributed by atoms with E-state index in [2.05, 4.69) is 52.9 Å². The third-order valence-corrected chi connectivity index (χ3v) is 0.632. The van der Waals surface area contributed by atoms with Gasteiger partial charge < -0.3 is 4.90 Å². The lowest BCUT2D eigenvalue weighted by Gasteiger charge is -2.00. The molecule has 0 amide bonds. The maximum absolute atomic E-state index is 3.00. The van der Waals surface area contributed by atoms with Crippen molar-refractivity contribution in [1.82, 2.24) is 4.90 Å². The van der Waals surface area contributed by atoms with Crippen molar-refractivity contribution in [2.75, 3.05) is 20.6 Å². The van der Waals surface area contributed by atoms with Crippen LogP contribution in [0.1, 0.15) is 54.9 Å². The number of hydrogen-bond acceptors (Lipinski definition) is 1. The number of hydrogen-bond donors (Lipinski definition) is 0. The summed E-state index contributed by atoms with van der Waals surface area (Å²) in [7, 11) is 4.11. The SMILES string of the molecule is C=C.CC.CC.CCC.CCN(C)C. The summed E-state index contributed by atoms with van der Waals surface area (Å²) in [6.07, 6.45) is 1.25. The zero-order valence-electron chi connectivity index (χ0n) is 12.3. The Kier molecular flexibility index (Phi) is 164. The van der Waals surface area contributed by atoms with Gasteiger partial charge in [-0.15, -0.1) is 13.2 Å². The number of nitrogens with zero attached hydrogens (tertiary/aromatic N) is 1. The summed E-state index contributed by atoms with van der Waals surface area (Å²) >= 11 is 0. The van der Waals surface area contributed by atoms with Crippen LogP contribution in [0.2, 0.25) is 0 Å². The second-order valence-electron chi connectivity index (χ2n) is 2.10. The first-order valence-electron chi connectivity index (χ1n) is 5.83. The van der Waals surface area contributed by atoms with Crippen LogP contribution in [0.15, 0.2) is 13.2 Å². The summed E-state index contributed by atoms with van der Waals surface area (Å²) in [5, 5.41) is 0. The topological polar surface area (TPSA) is 3.24 Å². The van der Waals surface area contributed by atoms with Crippen LogP contribution < -0.4 is 0 Å². The highest BCUT2D eigenvalue weighted by Crippen LogP contribution is 1.63. The monoisotopic (exact) mass is 205 g/mol. The third kappa shape index (κ3) is 464. The van der Waals surface area contributed by atoms with Crippen LogP contribution in [-0.4, -0.2) is 25.5 Å². The maximum Gasteiger partial charge on any atom is -0.00533 e. The molecule has 0 N–H and O–H groups in total. The first-order chi connectivity index (χ1) is 6.68. The van der Waals surface area contributed by atoms with Crippen LogP contribution in [0.3, 0.4) is 0 Å². The Morgan fingerprint density at radius 3 is 0.857 bits per heavy atom. The minimum Gasteiger partial charge on any atom is -0.310 e. The van der Waals surface area contributed by atoms with Gasteiger partial charge in [0.05, 0.1) is 0 Å². The van der Waals surface area contributed by atoms with Gasteiger partial charge in [-0.1, -0.05) is 54.9 Å². The van der Waals surface area contributed by atoms with E-state index in [1.807, 2.05) is 27.7 Å². The zero-order chi connectivity index (χ0) is 13.0. The fraction of sp³-hybridized carbons (Fsp3) is 0.846. The quantitative estimate of drug-likeness (QED) is 0.554. The molecular formula is C13H35N. The van der Waals surface area contributed by atoms with E-state index < -0.39 is 0 Å². The highest BCUT2D eigenvalue weighted by atomic mass is 15.0. The molecule has 0 atom stereocenters. The molecule has 14 heavy (non-hydrogen) atoms. The van der Waals surface area contributed by atoms with E-state index in [-0.39, 0.29) is 0 Å². The molecule has 0 spiro atoms. The smallest absolute Gasteiger partial charge is 0.00533 e. The lowest BCUT2D eigenvalue weighted by atomic mass is 10.6. The minimum atomic E-state index is 1.14. The van der Waals surface area contributed by atoms with Gasteiger partial charge in [0.25, 0.3) is 0 Å². The third-order valence-electron chi connectivity index (χ3n) is 0.632. The molecule has 0 aromatic rings. The van der Waals surface area contributed by atoms with Crippen LogP contribution >= 0.6 is 0 Å². The van der Waals surface area contributed by atoms with E-state index in [4.69, 9.17) is 0 Å². The van der Waals surface area contributed by atoms with Crippen molar-refractivity contribution in [3.05, 3.63) is 13.2 Å². The van der Waals surface area contributed by atoms with Gasteiger partial charge in [0, 0.05) is 0 Å². The number of rotatable bonds is 1. The van der Waals surface area contributed by atoms with Gasteiger partial charge in [-0.05, 0) is 20.6 Å². The Labute approximate surface area is 94.2 Å². The molecule has 0 aliphatic carbocycles. The first kappa shape index (κ1) is 29.2. The van der Waals surface area contributed by atoms with E-state index in [0.717, 1.165) is 6.54 Å². The van der Waals surface area contributed by atoms with E-state index in [9.17, 15) is 0 Å². The standard InChI is InChI=1S/C4H11N.C3H8.2C2H6.C2H4/c1-4-5(2)3;1-3-2;3*1-2/h4H2,1-3H3;3H2,1-2H3;2*1-2H3;1-2H2. The Morgan fingerprint density at radius 1 is 0.786 bits per heavy atom. The van der Waals surface area contributed by atoms with Crippen LogP contribution in [0.25, 0.3) is 0 Å². The molecule has 0 fully saturated rings.